The van der Waals surface area contributed by atoms with Gasteiger partial charge in [-0.15, -0.1) is 48.7 Å². The fourth-order valence-corrected chi connectivity index (χ4v) is 4.69. The Morgan fingerprint density at radius 2 is 0.823 bits per heavy atom. The first-order valence-corrected chi connectivity index (χ1v) is 21.0. The van der Waals surface area contributed by atoms with Gasteiger partial charge in [0.15, 0.2) is 0 Å². The summed E-state index contributed by atoms with van der Waals surface area (Å²) in [7, 11) is -21.3. The molecule has 0 unspecified atom stereocenters. The first-order valence-electron chi connectivity index (χ1n) is 17.0. The van der Waals surface area contributed by atoms with Crippen molar-refractivity contribution in [2.24, 2.45) is 0 Å². The number of aromatic nitrogens is 5. The van der Waals surface area contributed by atoms with E-state index in [1.54, 1.807) is 24.8 Å². The van der Waals surface area contributed by atoms with Crippen LogP contribution in [-0.4, -0.2) is 24.9 Å². The topological polar surface area (TPSA) is 64.5 Å². The van der Waals surface area contributed by atoms with E-state index in [0.717, 1.165) is 50.9 Å². The molecule has 2 aromatic carbocycles. The maximum absolute atomic E-state index is 10.7. The summed E-state index contributed by atoms with van der Waals surface area (Å²) in [5.74, 6) is 0. The Kier molecular flexibility index (Phi) is 17.6. The SMILES string of the molecule is F[P-](F)(F)(F)(F)F.F[P-](F)(F)(F)(F)F.[CH]1[CH][CH-]C=C1.[Fe+2].[Ru+3].[c-]1c(-c2ccccn2)cc(-[c-]2cccc2)cc1-c1ccccn1.c1ccc(-c2cccc(-c3ccccn3)n2)nc1. The molecular formula is C41H30F12FeN5P2Ru. The van der Waals surface area contributed by atoms with Crippen LogP contribution in [0.15, 0.2) is 164 Å². The van der Waals surface area contributed by atoms with Gasteiger partial charge in [0.1, 0.15) is 0 Å². The monoisotopic (exact) mass is 1040 g/mol. The van der Waals surface area contributed by atoms with Crippen molar-refractivity contribution in [3.05, 3.63) is 190 Å². The van der Waals surface area contributed by atoms with Crippen molar-refractivity contribution in [2.45, 2.75) is 0 Å². The molecule has 0 spiro atoms. The number of rotatable bonds is 5. The number of benzene rings is 1. The zero-order chi connectivity index (χ0) is 44.0. The Hall–Kier alpha value is -4.91. The van der Waals surface area contributed by atoms with Crippen LogP contribution in [0.5, 0.6) is 0 Å². The second kappa shape index (κ2) is 20.5. The van der Waals surface area contributed by atoms with Crippen LogP contribution in [0.3, 0.4) is 0 Å². The number of hydrogen-bond acceptors (Lipinski definition) is 5. The molecule has 329 valence electrons. The van der Waals surface area contributed by atoms with Crippen LogP contribution in [0.2, 0.25) is 0 Å². The van der Waals surface area contributed by atoms with Crippen molar-refractivity contribution in [3.63, 3.8) is 0 Å². The van der Waals surface area contributed by atoms with Crippen LogP contribution in [0.4, 0.5) is 50.4 Å². The van der Waals surface area contributed by atoms with E-state index in [2.05, 4.69) is 55.3 Å². The number of allylic oxidation sites excluding steroid dienone is 2. The zero-order valence-electron chi connectivity index (χ0n) is 31.2. The minimum absolute atomic E-state index is 0. The van der Waals surface area contributed by atoms with E-state index in [9.17, 15) is 50.4 Å². The van der Waals surface area contributed by atoms with E-state index >= 15 is 0 Å². The second-order valence-electron chi connectivity index (χ2n) is 12.0. The molecule has 0 saturated heterocycles. The number of hydrogen-bond donors (Lipinski definition) is 0. The van der Waals surface area contributed by atoms with Crippen LogP contribution >= 0.6 is 15.6 Å². The van der Waals surface area contributed by atoms with Gasteiger partial charge < -0.3 is 0 Å². The van der Waals surface area contributed by atoms with Gasteiger partial charge in [-0.2, -0.15) is 12.1 Å². The van der Waals surface area contributed by atoms with E-state index in [4.69, 9.17) is 0 Å². The van der Waals surface area contributed by atoms with Gasteiger partial charge in [-0.1, -0.05) is 59.2 Å². The van der Waals surface area contributed by atoms with Crippen molar-refractivity contribution in [1.29, 1.82) is 0 Å². The predicted octanol–water partition coefficient (Wildman–Crippen LogP) is 16.1. The van der Waals surface area contributed by atoms with Crippen molar-refractivity contribution < 1.29 is 86.9 Å². The van der Waals surface area contributed by atoms with E-state index in [-0.39, 0.29) is 36.5 Å². The molecule has 5 nitrogen and oxygen atoms in total. The van der Waals surface area contributed by atoms with Crippen molar-refractivity contribution in [1.82, 2.24) is 24.9 Å². The molecule has 5 heterocycles. The maximum Gasteiger partial charge on any atom is 3.00 e. The average Bonchev–Trinajstić information content (AvgIpc) is 3.96. The zero-order valence-corrected chi connectivity index (χ0v) is 35.8. The van der Waals surface area contributed by atoms with Gasteiger partial charge in [0.05, 0.1) is 22.8 Å². The Bertz CT molecular complexity index is 2270. The minimum atomic E-state index is -10.7. The summed E-state index contributed by atoms with van der Waals surface area (Å²) in [6, 6.07) is 45.3. The Morgan fingerprint density at radius 1 is 0.468 bits per heavy atom. The van der Waals surface area contributed by atoms with Gasteiger partial charge in [-0.25, -0.2) is 23.6 Å². The van der Waals surface area contributed by atoms with Crippen LogP contribution < -0.4 is 0 Å². The van der Waals surface area contributed by atoms with Crippen LogP contribution in [0.1, 0.15) is 0 Å². The van der Waals surface area contributed by atoms with Crippen molar-refractivity contribution in [3.8, 4) is 56.4 Å². The molecule has 7 aromatic rings. The standard InChI is InChI=1S/C21H14N2.C15H11N3.C5H5.2F6P.Fe.Ru/c1-2-8-16(7-1)17-13-18(20-9-3-5-11-22-20)15-19(14-17)21-10-4-6-12-23-21;1-3-10-16-12(6-1)14-8-5-9-15(18-14)13-7-2-4-11-17-13;1-2-4-5-3-1;2*1-7(2,3,4,5)6;;/h1-14H;1-11H;1-5H;;;;/q-2;;3*-1;+2;+3. The predicted molar refractivity (Wildman–Crippen MR) is 213 cm³/mol. The molecule has 0 fully saturated rings. The molecule has 0 aliphatic heterocycles. The molecule has 3 radical (unpaired) electrons. The van der Waals surface area contributed by atoms with Crippen LogP contribution in [0, 0.1) is 25.3 Å². The Balaban J connectivity index is 0.000000300. The van der Waals surface area contributed by atoms with Gasteiger partial charge in [0.25, 0.3) is 0 Å². The third-order valence-corrected chi connectivity index (χ3v) is 6.91. The summed E-state index contributed by atoms with van der Waals surface area (Å²) in [6.07, 6.45) is 17.1. The first-order chi connectivity index (χ1) is 27.7. The van der Waals surface area contributed by atoms with Gasteiger partial charge in [-0.05, 0) is 48.5 Å². The van der Waals surface area contributed by atoms with Gasteiger partial charge in [-0.3, -0.25) is 19.9 Å². The van der Waals surface area contributed by atoms with E-state index in [1.165, 1.54) is 5.56 Å². The minimum Gasteiger partial charge on any atom is -0.295 e. The molecule has 8 rings (SSSR count). The fraction of sp³-hybridized carbons (Fsp3) is 0. The van der Waals surface area contributed by atoms with Crippen molar-refractivity contribution in [2.75, 3.05) is 0 Å². The summed E-state index contributed by atoms with van der Waals surface area (Å²) in [6.45, 7) is 0. The van der Waals surface area contributed by atoms with Gasteiger partial charge in [0, 0.05) is 36.2 Å². The third kappa shape index (κ3) is 24.5. The van der Waals surface area contributed by atoms with Crippen molar-refractivity contribution >= 4 is 15.6 Å². The van der Waals surface area contributed by atoms with E-state index in [1.807, 2.05) is 135 Å². The first kappa shape index (κ1) is 53.2. The summed E-state index contributed by atoms with van der Waals surface area (Å²) in [5, 5.41) is 0. The van der Waals surface area contributed by atoms with Crippen LogP contribution in [0.25, 0.3) is 56.4 Å². The summed E-state index contributed by atoms with van der Waals surface area (Å²) in [5.41, 5.74) is 9.58. The second-order valence-corrected chi connectivity index (χ2v) is 15.9. The molecule has 1 aliphatic carbocycles. The third-order valence-electron chi connectivity index (χ3n) is 6.91. The molecule has 0 atom stereocenters. The molecular weight excluding hydrogens is 1010 g/mol. The number of pyridine rings is 5. The summed E-state index contributed by atoms with van der Waals surface area (Å²) < 4.78 is 118. The van der Waals surface area contributed by atoms with Gasteiger partial charge >= 0.3 is 103 Å². The largest absolute Gasteiger partial charge is 3.00 e. The molecule has 0 amide bonds. The number of nitrogens with zero attached hydrogens (tertiary/aromatic N) is 5. The van der Waals surface area contributed by atoms with Gasteiger partial charge in [0.2, 0.25) is 0 Å². The molecule has 5 aromatic heterocycles. The normalized spacial score (nSPS) is 13.7. The molecule has 0 saturated carbocycles. The quantitative estimate of drug-likeness (QED) is 0.0744. The fourth-order valence-electron chi connectivity index (χ4n) is 4.69. The number of halogens is 12. The van der Waals surface area contributed by atoms with E-state index < -0.39 is 15.6 Å². The molecule has 0 bridgehead atoms. The van der Waals surface area contributed by atoms with Crippen LogP contribution in [-0.2, 0) is 36.5 Å². The molecule has 1 aliphatic rings. The maximum atomic E-state index is 9.87. The molecule has 62 heavy (non-hydrogen) atoms. The molecule has 21 heteroatoms. The smallest absolute Gasteiger partial charge is 0.295 e. The Labute approximate surface area is 371 Å². The summed E-state index contributed by atoms with van der Waals surface area (Å²) >= 11 is 0. The summed E-state index contributed by atoms with van der Waals surface area (Å²) in [4.78, 5) is 22.1. The molecule has 0 N–H and O–H groups in total. The van der Waals surface area contributed by atoms with E-state index in [0.29, 0.717) is 0 Å². The Morgan fingerprint density at radius 3 is 1.11 bits per heavy atom. The average molecular weight is 1040 g/mol.